The summed E-state index contributed by atoms with van der Waals surface area (Å²) in [7, 11) is 2.25. The summed E-state index contributed by atoms with van der Waals surface area (Å²) in [6.45, 7) is 7.11. The molecule has 0 aromatic rings. The second kappa shape index (κ2) is 5.21. The number of hydrogen-bond acceptors (Lipinski definition) is 3. The maximum atomic E-state index is 6.83. The summed E-state index contributed by atoms with van der Waals surface area (Å²) in [5, 5.41) is 0. The molecule has 4 saturated carbocycles. The molecule has 3 heteroatoms. The van der Waals surface area contributed by atoms with Crippen LogP contribution in [0.3, 0.4) is 0 Å². The highest BCUT2D eigenvalue weighted by Crippen LogP contribution is 2.61. The molecule has 4 bridgehead atoms. The van der Waals surface area contributed by atoms with Gasteiger partial charge in [-0.2, -0.15) is 0 Å². The van der Waals surface area contributed by atoms with Crippen LogP contribution in [-0.2, 0) is 0 Å². The van der Waals surface area contributed by atoms with E-state index in [9.17, 15) is 0 Å². The first-order valence-corrected chi connectivity index (χ1v) is 9.22. The molecule has 5 aliphatic rings. The summed E-state index contributed by atoms with van der Waals surface area (Å²) in [6.07, 6.45) is 8.92. The average molecular weight is 291 g/mol. The first-order valence-electron chi connectivity index (χ1n) is 9.22. The van der Waals surface area contributed by atoms with Crippen molar-refractivity contribution in [1.29, 1.82) is 0 Å². The summed E-state index contributed by atoms with van der Waals surface area (Å²) in [4.78, 5) is 5.13. The molecule has 4 aliphatic carbocycles. The van der Waals surface area contributed by atoms with Gasteiger partial charge in [0.2, 0.25) is 0 Å². The molecule has 1 saturated heterocycles. The van der Waals surface area contributed by atoms with Crippen molar-refractivity contribution >= 4 is 0 Å². The Labute approximate surface area is 130 Å². The van der Waals surface area contributed by atoms with Crippen molar-refractivity contribution in [2.45, 2.75) is 57.5 Å². The van der Waals surface area contributed by atoms with Gasteiger partial charge in [0, 0.05) is 38.3 Å². The van der Waals surface area contributed by atoms with Gasteiger partial charge in [0.15, 0.2) is 0 Å². The van der Waals surface area contributed by atoms with E-state index in [1.54, 1.807) is 0 Å². The van der Waals surface area contributed by atoms with Gasteiger partial charge in [-0.05, 0) is 75.7 Å². The normalized spacial score (nSPS) is 48.7. The lowest BCUT2D eigenvalue weighted by Gasteiger charge is -2.59. The summed E-state index contributed by atoms with van der Waals surface area (Å²) in [5.41, 5.74) is 7.34. The maximum absolute atomic E-state index is 6.83. The molecule has 3 nitrogen and oxygen atoms in total. The number of rotatable bonds is 3. The zero-order valence-electron chi connectivity index (χ0n) is 13.9. The highest BCUT2D eigenvalue weighted by molar-refractivity contribution is 5.06. The van der Waals surface area contributed by atoms with Crippen molar-refractivity contribution < 1.29 is 0 Å². The predicted octanol–water partition coefficient (Wildman–Crippen LogP) is 2.17. The molecule has 120 valence electrons. The van der Waals surface area contributed by atoms with Gasteiger partial charge in [0.05, 0.1) is 0 Å². The molecule has 0 radical (unpaired) electrons. The van der Waals surface area contributed by atoms with Crippen LogP contribution in [0.25, 0.3) is 0 Å². The maximum Gasteiger partial charge on any atom is 0.0225 e. The monoisotopic (exact) mass is 291 g/mol. The first kappa shape index (κ1) is 14.5. The van der Waals surface area contributed by atoms with Crippen LogP contribution in [0.4, 0.5) is 0 Å². The Hall–Kier alpha value is -0.120. The Morgan fingerprint density at radius 2 is 1.62 bits per heavy atom. The van der Waals surface area contributed by atoms with Crippen LogP contribution < -0.4 is 5.73 Å². The Bertz CT molecular complexity index is 359. The van der Waals surface area contributed by atoms with Crippen LogP contribution in [0, 0.1) is 23.2 Å². The number of nitrogens with two attached hydrogens (primary N) is 1. The van der Waals surface area contributed by atoms with Gasteiger partial charge < -0.3 is 10.6 Å². The zero-order chi connectivity index (χ0) is 14.6. The van der Waals surface area contributed by atoms with Crippen molar-refractivity contribution in [2.24, 2.45) is 28.9 Å². The molecule has 0 amide bonds. The van der Waals surface area contributed by atoms with Crippen LogP contribution in [0.2, 0.25) is 0 Å². The molecule has 5 rings (SSSR count). The molecule has 2 atom stereocenters. The summed E-state index contributed by atoms with van der Waals surface area (Å²) in [5.74, 6) is 3.07. The van der Waals surface area contributed by atoms with E-state index in [1.807, 2.05) is 0 Å². The Morgan fingerprint density at radius 3 is 2.14 bits per heavy atom. The van der Waals surface area contributed by atoms with Crippen molar-refractivity contribution in [3.05, 3.63) is 0 Å². The molecule has 0 aromatic carbocycles. The van der Waals surface area contributed by atoms with Gasteiger partial charge in [-0.15, -0.1) is 0 Å². The summed E-state index contributed by atoms with van der Waals surface area (Å²) in [6, 6.07) is 1.10. The fourth-order valence-corrected chi connectivity index (χ4v) is 6.39. The molecule has 2 N–H and O–H groups in total. The van der Waals surface area contributed by atoms with E-state index in [0.717, 1.165) is 24.3 Å². The SMILES string of the molecule is CC1CN(CC(N)C23CC4CC(CC(C4)C2)C3)CCN1C. The second-order valence-electron chi connectivity index (χ2n) is 8.98. The lowest BCUT2D eigenvalue weighted by molar-refractivity contribution is -0.0735. The fraction of sp³-hybridized carbons (Fsp3) is 1.00. The zero-order valence-corrected chi connectivity index (χ0v) is 13.9. The van der Waals surface area contributed by atoms with E-state index in [1.165, 1.54) is 58.2 Å². The lowest BCUT2D eigenvalue weighted by atomic mass is 9.48. The third kappa shape index (κ3) is 2.55. The molecule has 1 heterocycles. The molecular weight excluding hydrogens is 258 g/mol. The van der Waals surface area contributed by atoms with Gasteiger partial charge in [0.1, 0.15) is 0 Å². The quantitative estimate of drug-likeness (QED) is 0.865. The average Bonchev–Trinajstić information content (AvgIpc) is 2.41. The fourth-order valence-electron chi connectivity index (χ4n) is 6.39. The van der Waals surface area contributed by atoms with Crippen molar-refractivity contribution in [1.82, 2.24) is 9.80 Å². The largest absolute Gasteiger partial charge is 0.326 e. The third-order valence-electron chi connectivity index (χ3n) is 7.37. The van der Waals surface area contributed by atoms with Crippen LogP contribution in [0.15, 0.2) is 0 Å². The van der Waals surface area contributed by atoms with Gasteiger partial charge in [-0.25, -0.2) is 0 Å². The standard InChI is InChI=1S/C18H33N3/c1-13-11-21(4-3-20(13)2)12-17(19)18-8-14-5-15(9-18)7-16(6-14)10-18/h13-17H,3-12,19H2,1-2H3. The topological polar surface area (TPSA) is 32.5 Å². The first-order chi connectivity index (χ1) is 10.0. The van der Waals surface area contributed by atoms with E-state index in [4.69, 9.17) is 5.73 Å². The van der Waals surface area contributed by atoms with Gasteiger partial charge in [0.25, 0.3) is 0 Å². The van der Waals surface area contributed by atoms with Gasteiger partial charge in [-0.1, -0.05) is 0 Å². The highest BCUT2D eigenvalue weighted by Gasteiger charge is 2.53. The van der Waals surface area contributed by atoms with Gasteiger partial charge in [-0.3, -0.25) is 4.90 Å². The van der Waals surface area contributed by atoms with E-state index in [0.29, 0.717) is 17.5 Å². The van der Waals surface area contributed by atoms with Crippen LogP contribution in [-0.4, -0.2) is 55.1 Å². The Balaban J connectivity index is 1.42. The lowest BCUT2D eigenvalue weighted by Crippen LogP contribution is -2.60. The minimum atomic E-state index is 0.418. The minimum absolute atomic E-state index is 0.418. The smallest absolute Gasteiger partial charge is 0.0225 e. The minimum Gasteiger partial charge on any atom is -0.326 e. The Kier molecular flexibility index (Phi) is 3.59. The molecule has 0 spiro atoms. The van der Waals surface area contributed by atoms with Gasteiger partial charge >= 0.3 is 0 Å². The van der Waals surface area contributed by atoms with E-state index in [2.05, 4.69) is 23.8 Å². The van der Waals surface area contributed by atoms with Crippen LogP contribution >= 0.6 is 0 Å². The van der Waals surface area contributed by atoms with Crippen molar-refractivity contribution in [2.75, 3.05) is 33.2 Å². The number of piperazine rings is 1. The second-order valence-corrected chi connectivity index (χ2v) is 8.98. The predicted molar refractivity (Wildman–Crippen MR) is 87.1 cm³/mol. The third-order valence-corrected chi connectivity index (χ3v) is 7.37. The van der Waals surface area contributed by atoms with Crippen LogP contribution in [0.1, 0.15) is 45.4 Å². The molecule has 0 aromatic heterocycles. The van der Waals surface area contributed by atoms with E-state index < -0.39 is 0 Å². The molecule has 2 unspecified atom stereocenters. The van der Waals surface area contributed by atoms with Crippen molar-refractivity contribution in [3.63, 3.8) is 0 Å². The van der Waals surface area contributed by atoms with Crippen molar-refractivity contribution in [3.8, 4) is 0 Å². The molecule has 1 aliphatic heterocycles. The van der Waals surface area contributed by atoms with E-state index in [-0.39, 0.29) is 0 Å². The highest BCUT2D eigenvalue weighted by atomic mass is 15.3. The molecule has 21 heavy (non-hydrogen) atoms. The van der Waals surface area contributed by atoms with Crippen LogP contribution in [0.5, 0.6) is 0 Å². The Morgan fingerprint density at radius 1 is 1.05 bits per heavy atom. The number of likely N-dealkylation sites (N-methyl/N-ethyl adjacent to an activating group) is 1. The molecule has 5 fully saturated rings. The summed E-state index contributed by atoms with van der Waals surface area (Å²) >= 11 is 0. The summed E-state index contributed by atoms with van der Waals surface area (Å²) < 4.78 is 0. The number of hydrogen-bond donors (Lipinski definition) is 1. The van der Waals surface area contributed by atoms with E-state index >= 15 is 0 Å². The number of nitrogens with zero attached hydrogens (tertiary/aromatic N) is 2. The molecular formula is C18H33N3.